The Labute approximate surface area is 138 Å². The number of hydrogen-bond acceptors (Lipinski definition) is 4. The summed E-state index contributed by atoms with van der Waals surface area (Å²) in [6.45, 7) is 1.21. The van der Waals surface area contributed by atoms with E-state index in [0.29, 0.717) is 5.56 Å². The van der Waals surface area contributed by atoms with Crippen molar-refractivity contribution < 1.29 is 29.4 Å². The molecule has 0 fully saturated rings. The van der Waals surface area contributed by atoms with Crippen LogP contribution in [0.5, 0.6) is 0 Å². The highest BCUT2D eigenvalue weighted by Crippen LogP contribution is 2.06. The van der Waals surface area contributed by atoms with Crippen LogP contribution in [0.25, 0.3) is 6.08 Å². The number of carbonyl (C=O) groups excluding carboxylic acids is 2. The number of benzene rings is 1. The number of rotatable bonds is 8. The lowest BCUT2D eigenvalue weighted by Gasteiger charge is -2.15. The number of nitrogens with one attached hydrogen (secondary N) is 2. The Morgan fingerprint density at radius 2 is 1.75 bits per heavy atom. The van der Waals surface area contributed by atoms with Crippen molar-refractivity contribution in [1.29, 1.82) is 0 Å². The molecular weight excluding hydrogens is 316 g/mol. The van der Waals surface area contributed by atoms with Gasteiger partial charge in [0, 0.05) is 13.3 Å². The molecule has 0 radical (unpaired) electrons. The van der Waals surface area contributed by atoms with Gasteiger partial charge in [-0.1, -0.05) is 30.3 Å². The third-order valence-corrected chi connectivity index (χ3v) is 2.92. The van der Waals surface area contributed by atoms with Crippen LogP contribution in [0, 0.1) is 0 Å². The molecule has 2 amide bonds. The largest absolute Gasteiger partial charge is 0.481 e. The van der Waals surface area contributed by atoms with Crippen molar-refractivity contribution in [3.05, 3.63) is 41.6 Å². The van der Waals surface area contributed by atoms with Gasteiger partial charge in [0.2, 0.25) is 5.91 Å². The molecule has 0 aliphatic carbocycles. The zero-order valence-corrected chi connectivity index (χ0v) is 13.0. The van der Waals surface area contributed by atoms with Gasteiger partial charge in [0.25, 0.3) is 5.91 Å². The fourth-order valence-electron chi connectivity index (χ4n) is 1.83. The molecule has 1 aromatic carbocycles. The monoisotopic (exact) mass is 334 g/mol. The van der Waals surface area contributed by atoms with Crippen LogP contribution in [0.2, 0.25) is 0 Å². The van der Waals surface area contributed by atoms with Gasteiger partial charge in [0.05, 0.1) is 0 Å². The lowest BCUT2D eigenvalue weighted by molar-refractivity contribution is -0.142. The minimum absolute atomic E-state index is 0.129. The second-order valence-corrected chi connectivity index (χ2v) is 4.95. The zero-order valence-electron chi connectivity index (χ0n) is 13.0. The highest BCUT2D eigenvalue weighted by atomic mass is 16.4. The molecule has 0 aliphatic rings. The molecule has 0 bridgehead atoms. The van der Waals surface area contributed by atoms with Crippen molar-refractivity contribution in [1.82, 2.24) is 10.6 Å². The molecule has 8 heteroatoms. The summed E-state index contributed by atoms with van der Waals surface area (Å²) in [5, 5.41) is 22.3. The second kappa shape index (κ2) is 9.09. The van der Waals surface area contributed by atoms with Gasteiger partial charge >= 0.3 is 11.9 Å². The molecule has 128 valence electrons. The van der Waals surface area contributed by atoms with E-state index in [2.05, 4.69) is 10.6 Å². The SMILES string of the molecule is CC(=O)NC(=Cc1ccccc1)C(=O)N[C@H](CCC(=O)O)C(=O)O. The van der Waals surface area contributed by atoms with Gasteiger partial charge in [-0.3, -0.25) is 14.4 Å². The molecule has 1 atom stereocenters. The Balaban J connectivity index is 2.94. The third-order valence-electron chi connectivity index (χ3n) is 2.92. The molecule has 4 N–H and O–H groups in total. The normalized spacial score (nSPS) is 12.1. The standard InChI is InChI=1S/C16H18N2O6/c1-10(19)17-13(9-11-5-3-2-4-6-11)15(22)18-12(16(23)24)7-8-14(20)21/h2-6,9,12H,7-8H2,1H3,(H,17,19)(H,18,22)(H,20,21)(H,23,24)/t12-/m1/s1. The molecule has 0 saturated heterocycles. The fourth-order valence-corrected chi connectivity index (χ4v) is 1.83. The molecular formula is C16H18N2O6. The molecule has 1 aromatic rings. The van der Waals surface area contributed by atoms with Crippen LogP contribution in [0.4, 0.5) is 0 Å². The first-order valence-electron chi connectivity index (χ1n) is 7.09. The van der Waals surface area contributed by atoms with Gasteiger partial charge < -0.3 is 20.8 Å². The first-order valence-corrected chi connectivity index (χ1v) is 7.09. The van der Waals surface area contributed by atoms with Crippen molar-refractivity contribution in [2.24, 2.45) is 0 Å². The van der Waals surface area contributed by atoms with E-state index >= 15 is 0 Å². The summed E-state index contributed by atoms with van der Waals surface area (Å²) in [4.78, 5) is 45.2. The third kappa shape index (κ3) is 6.73. The second-order valence-electron chi connectivity index (χ2n) is 4.95. The summed E-state index contributed by atoms with van der Waals surface area (Å²) in [5.41, 5.74) is 0.504. The zero-order chi connectivity index (χ0) is 18.1. The van der Waals surface area contributed by atoms with E-state index in [1.165, 1.54) is 13.0 Å². The van der Waals surface area contributed by atoms with Gasteiger partial charge in [-0.05, 0) is 18.1 Å². The molecule has 0 spiro atoms. The van der Waals surface area contributed by atoms with Gasteiger partial charge in [0.15, 0.2) is 0 Å². The molecule has 0 heterocycles. The van der Waals surface area contributed by atoms with Crippen LogP contribution < -0.4 is 10.6 Å². The Hall–Kier alpha value is -3.16. The summed E-state index contributed by atoms with van der Waals surface area (Å²) in [5.74, 6) is -3.83. The molecule has 24 heavy (non-hydrogen) atoms. The first kappa shape index (κ1) is 18.9. The van der Waals surface area contributed by atoms with E-state index in [4.69, 9.17) is 10.2 Å². The molecule has 0 unspecified atom stereocenters. The highest BCUT2D eigenvalue weighted by molar-refractivity contribution is 6.02. The maximum absolute atomic E-state index is 12.2. The van der Waals surface area contributed by atoms with Gasteiger partial charge in [-0.15, -0.1) is 0 Å². The van der Waals surface area contributed by atoms with Crippen molar-refractivity contribution in [3.63, 3.8) is 0 Å². The summed E-state index contributed by atoms with van der Waals surface area (Å²) >= 11 is 0. The Bertz CT molecular complexity index is 654. The van der Waals surface area contributed by atoms with E-state index in [9.17, 15) is 19.2 Å². The Kier molecular flexibility index (Phi) is 7.15. The van der Waals surface area contributed by atoms with Crippen LogP contribution in [0.1, 0.15) is 25.3 Å². The number of aliphatic carboxylic acids is 2. The summed E-state index contributed by atoms with van der Waals surface area (Å²) in [6.07, 6.45) is 0.719. The molecule has 0 aromatic heterocycles. The van der Waals surface area contributed by atoms with Crippen LogP contribution in [0.3, 0.4) is 0 Å². The summed E-state index contributed by atoms with van der Waals surface area (Å²) < 4.78 is 0. The summed E-state index contributed by atoms with van der Waals surface area (Å²) in [7, 11) is 0. The minimum Gasteiger partial charge on any atom is -0.481 e. The highest BCUT2D eigenvalue weighted by Gasteiger charge is 2.23. The van der Waals surface area contributed by atoms with E-state index in [1.807, 2.05) is 0 Å². The van der Waals surface area contributed by atoms with Crippen molar-refractivity contribution in [2.45, 2.75) is 25.8 Å². The number of carboxylic acid groups (broad SMARTS) is 2. The van der Waals surface area contributed by atoms with Crippen LogP contribution >= 0.6 is 0 Å². The fraction of sp³-hybridized carbons (Fsp3) is 0.250. The lowest BCUT2D eigenvalue weighted by atomic mass is 10.1. The van der Waals surface area contributed by atoms with Gasteiger partial charge in [-0.2, -0.15) is 0 Å². The predicted molar refractivity (Wildman–Crippen MR) is 84.7 cm³/mol. The van der Waals surface area contributed by atoms with Gasteiger partial charge in [-0.25, -0.2) is 4.79 Å². The average Bonchev–Trinajstić information content (AvgIpc) is 2.50. The number of carboxylic acids is 2. The maximum Gasteiger partial charge on any atom is 0.326 e. The number of hydrogen-bond donors (Lipinski definition) is 4. The smallest absolute Gasteiger partial charge is 0.326 e. The van der Waals surface area contributed by atoms with Crippen molar-refractivity contribution in [2.75, 3.05) is 0 Å². The minimum atomic E-state index is -1.37. The Morgan fingerprint density at radius 3 is 2.25 bits per heavy atom. The van der Waals surface area contributed by atoms with Crippen LogP contribution in [0.15, 0.2) is 36.0 Å². The van der Waals surface area contributed by atoms with Crippen molar-refractivity contribution in [3.8, 4) is 0 Å². The lowest BCUT2D eigenvalue weighted by Crippen LogP contribution is -2.44. The Morgan fingerprint density at radius 1 is 1.12 bits per heavy atom. The van der Waals surface area contributed by atoms with E-state index in [1.54, 1.807) is 30.3 Å². The van der Waals surface area contributed by atoms with E-state index in [-0.39, 0.29) is 12.1 Å². The maximum atomic E-state index is 12.2. The molecule has 0 aliphatic heterocycles. The molecule has 0 saturated carbocycles. The van der Waals surface area contributed by atoms with E-state index in [0.717, 1.165) is 0 Å². The number of carbonyl (C=O) groups is 4. The van der Waals surface area contributed by atoms with Crippen molar-refractivity contribution >= 4 is 29.8 Å². The predicted octanol–water partition coefficient (Wildman–Crippen LogP) is 0.598. The van der Waals surface area contributed by atoms with Crippen LogP contribution in [-0.2, 0) is 19.2 Å². The number of amides is 2. The molecule has 1 rings (SSSR count). The van der Waals surface area contributed by atoms with E-state index < -0.39 is 36.2 Å². The average molecular weight is 334 g/mol. The van der Waals surface area contributed by atoms with Crippen LogP contribution in [-0.4, -0.2) is 40.0 Å². The topological polar surface area (TPSA) is 133 Å². The quantitative estimate of drug-likeness (QED) is 0.515. The first-order chi connectivity index (χ1) is 11.3. The van der Waals surface area contributed by atoms with Gasteiger partial charge in [0.1, 0.15) is 11.7 Å². The molecule has 8 nitrogen and oxygen atoms in total. The summed E-state index contributed by atoms with van der Waals surface area (Å²) in [6, 6.07) is 7.29.